The molecule has 0 aliphatic rings. The van der Waals surface area contributed by atoms with Crippen molar-refractivity contribution in [1.29, 1.82) is 0 Å². The van der Waals surface area contributed by atoms with Crippen molar-refractivity contribution in [1.82, 2.24) is 0 Å². The summed E-state index contributed by atoms with van der Waals surface area (Å²) >= 11 is 3.36. The van der Waals surface area contributed by atoms with Crippen LogP contribution in [0.3, 0.4) is 0 Å². The maximum atomic E-state index is 11.8. The van der Waals surface area contributed by atoms with Crippen LogP contribution < -0.4 is 10.1 Å². The van der Waals surface area contributed by atoms with E-state index in [-0.39, 0.29) is 0 Å². The van der Waals surface area contributed by atoms with Gasteiger partial charge in [-0.25, -0.2) is 4.79 Å². The quantitative estimate of drug-likeness (QED) is 0.823. The van der Waals surface area contributed by atoms with Gasteiger partial charge >= 0.3 is 6.09 Å². The molecule has 0 aliphatic carbocycles. The fraction of sp³-hybridized carbons (Fsp3) is 0.400. The number of hydrogen-bond acceptors (Lipinski definition) is 3. The molecular formula is C15H20BrNO3. The predicted molar refractivity (Wildman–Crippen MR) is 85.7 cm³/mol. The first-order valence-electron chi connectivity index (χ1n) is 6.19. The summed E-state index contributed by atoms with van der Waals surface area (Å²) in [5.41, 5.74) is 1.91. The average Bonchev–Trinajstić information content (AvgIpc) is 2.36. The second-order valence-electron chi connectivity index (χ2n) is 5.28. The van der Waals surface area contributed by atoms with E-state index < -0.39 is 11.7 Å². The number of carbonyl (C=O) groups excluding carboxylic acids is 1. The number of methoxy groups -OCH3 is 1. The number of anilines is 1. The second kappa shape index (κ2) is 6.79. The Morgan fingerprint density at radius 3 is 2.55 bits per heavy atom. The van der Waals surface area contributed by atoms with Crippen LogP contribution in [0.5, 0.6) is 5.75 Å². The number of amides is 1. The third-order valence-electron chi connectivity index (χ3n) is 2.41. The normalized spacial score (nSPS) is 10.8. The van der Waals surface area contributed by atoms with Gasteiger partial charge in [-0.05, 0) is 44.0 Å². The molecule has 1 aromatic rings. The SMILES string of the molecule is C=C(CBr)c1ccc(NC(=O)OC(C)(C)C)c(OC)c1. The van der Waals surface area contributed by atoms with Gasteiger partial charge in [0, 0.05) is 5.33 Å². The van der Waals surface area contributed by atoms with Crippen LogP contribution in [0.1, 0.15) is 26.3 Å². The minimum absolute atomic E-state index is 0.511. The maximum Gasteiger partial charge on any atom is 0.412 e. The summed E-state index contributed by atoms with van der Waals surface area (Å²) in [7, 11) is 1.55. The van der Waals surface area contributed by atoms with E-state index in [4.69, 9.17) is 9.47 Å². The second-order valence-corrected chi connectivity index (χ2v) is 5.84. The number of allylic oxidation sites excluding steroid dienone is 1. The fourth-order valence-corrected chi connectivity index (χ4v) is 1.83. The molecule has 0 fully saturated rings. The molecule has 0 heterocycles. The topological polar surface area (TPSA) is 47.6 Å². The average molecular weight is 342 g/mol. The molecule has 0 unspecified atom stereocenters. The van der Waals surface area contributed by atoms with E-state index in [1.165, 1.54) is 0 Å². The Bertz CT molecular complexity index is 506. The third-order valence-corrected chi connectivity index (χ3v) is 3.08. The van der Waals surface area contributed by atoms with E-state index in [9.17, 15) is 4.79 Å². The summed E-state index contributed by atoms with van der Waals surface area (Å²) in [6, 6.07) is 5.47. The molecule has 0 radical (unpaired) electrons. The summed E-state index contributed by atoms with van der Waals surface area (Å²) < 4.78 is 10.5. The monoisotopic (exact) mass is 341 g/mol. The Morgan fingerprint density at radius 1 is 1.40 bits per heavy atom. The molecule has 0 aromatic heterocycles. The number of halogens is 1. The summed E-state index contributed by atoms with van der Waals surface area (Å²) in [6.45, 7) is 9.38. The molecule has 1 aromatic carbocycles. The highest BCUT2D eigenvalue weighted by molar-refractivity contribution is 9.09. The van der Waals surface area contributed by atoms with E-state index in [2.05, 4.69) is 27.8 Å². The highest BCUT2D eigenvalue weighted by Gasteiger charge is 2.17. The number of alkyl halides is 1. The van der Waals surface area contributed by atoms with Gasteiger partial charge in [-0.1, -0.05) is 28.6 Å². The van der Waals surface area contributed by atoms with Gasteiger partial charge < -0.3 is 9.47 Å². The Morgan fingerprint density at radius 2 is 2.05 bits per heavy atom. The Kier molecular flexibility index (Phi) is 5.62. The molecule has 0 atom stereocenters. The van der Waals surface area contributed by atoms with Crippen LogP contribution in [0.15, 0.2) is 24.8 Å². The zero-order valence-electron chi connectivity index (χ0n) is 12.2. The van der Waals surface area contributed by atoms with Crippen LogP contribution >= 0.6 is 15.9 Å². The molecule has 0 spiro atoms. The van der Waals surface area contributed by atoms with Gasteiger partial charge in [0.1, 0.15) is 11.4 Å². The number of carbonyl (C=O) groups is 1. The van der Waals surface area contributed by atoms with Gasteiger partial charge in [0.15, 0.2) is 0 Å². The van der Waals surface area contributed by atoms with Crippen LogP contribution in [-0.4, -0.2) is 24.1 Å². The summed E-state index contributed by atoms with van der Waals surface area (Å²) in [5, 5.41) is 3.35. The molecule has 0 saturated carbocycles. The number of ether oxygens (including phenoxy) is 2. The van der Waals surface area contributed by atoms with Crippen LogP contribution in [0.25, 0.3) is 5.57 Å². The van der Waals surface area contributed by atoms with Crippen molar-refractivity contribution >= 4 is 33.3 Å². The zero-order valence-corrected chi connectivity index (χ0v) is 13.8. The molecule has 20 heavy (non-hydrogen) atoms. The van der Waals surface area contributed by atoms with Crippen LogP contribution in [0.4, 0.5) is 10.5 Å². The van der Waals surface area contributed by atoms with E-state index in [0.29, 0.717) is 16.8 Å². The molecule has 0 saturated heterocycles. The third kappa shape index (κ3) is 4.89. The minimum Gasteiger partial charge on any atom is -0.495 e. The number of benzene rings is 1. The Hall–Kier alpha value is -1.49. The molecular weight excluding hydrogens is 322 g/mol. The summed E-state index contributed by atoms with van der Waals surface area (Å²) in [5.74, 6) is 0.565. The van der Waals surface area contributed by atoms with Crippen LogP contribution in [0, 0.1) is 0 Å². The van der Waals surface area contributed by atoms with Crippen LogP contribution in [0.2, 0.25) is 0 Å². The van der Waals surface area contributed by atoms with E-state index in [1.54, 1.807) is 13.2 Å². The first-order valence-corrected chi connectivity index (χ1v) is 7.31. The molecule has 5 heteroatoms. The lowest BCUT2D eigenvalue weighted by Gasteiger charge is -2.20. The van der Waals surface area contributed by atoms with Gasteiger partial charge in [-0.3, -0.25) is 5.32 Å². The number of hydrogen-bond donors (Lipinski definition) is 1. The van der Waals surface area contributed by atoms with Crippen molar-refractivity contribution in [2.24, 2.45) is 0 Å². The van der Waals surface area contributed by atoms with Crippen molar-refractivity contribution in [3.05, 3.63) is 30.3 Å². The first-order chi connectivity index (χ1) is 9.26. The van der Waals surface area contributed by atoms with Gasteiger partial charge in [0.2, 0.25) is 0 Å². The predicted octanol–water partition coefficient (Wildman–Crippen LogP) is 4.45. The molecule has 110 valence electrons. The summed E-state index contributed by atoms with van der Waals surface area (Å²) in [4.78, 5) is 11.8. The van der Waals surface area contributed by atoms with Crippen molar-refractivity contribution < 1.29 is 14.3 Å². The molecule has 0 aliphatic heterocycles. The van der Waals surface area contributed by atoms with Crippen molar-refractivity contribution in [2.75, 3.05) is 17.8 Å². The minimum atomic E-state index is -0.540. The van der Waals surface area contributed by atoms with Crippen molar-refractivity contribution in [3.8, 4) is 5.75 Å². The number of nitrogens with one attached hydrogen (secondary N) is 1. The molecule has 1 rings (SSSR count). The zero-order chi connectivity index (χ0) is 15.3. The van der Waals surface area contributed by atoms with Gasteiger partial charge in [0.25, 0.3) is 0 Å². The van der Waals surface area contributed by atoms with Crippen molar-refractivity contribution in [2.45, 2.75) is 26.4 Å². The molecule has 1 amide bonds. The van der Waals surface area contributed by atoms with Gasteiger partial charge in [0.05, 0.1) is 12.8 Å². The highest BCUT2D eigenvalue weighted by atomic mass is 79.9. The van der Waals surface area contributed by atoms with Crippen LogP contribution in [-0.2, 0) is 4.74 Å². The number of rotatable bonds is 4. The lowest BCUT2D eigenvalue weighted by molar-refractivity contribution is 0.0635. The first kappa shape index (κ1) is 16.6. The molecule has 0 bridgehead atoms. The lowest BCUT2D eigenvalue weighted by atomic mass is 10.1. The lowest BCUT2D eigenvalue weighted by Crippen LogP contribution is -2.27. The summed E-state index contributed by atoms with van der Waals surface area (Å²) in [6.07, 6.45) is -0.511. The molecule has 4 nitrogen and oxygen atoms in total. The largest absolute Gasteiger partial charge is 0.495 e. The van der Waals surface area contributed by atoms with Gasteiger partial charge in [-0.15, -0.1) is 0 Å². The standard InChI is InChI=1S/C15H20BrNO3/c1-10(9-16)11-6-7-12(13(8-11)19-5)17-14(18)20-15(2,3)4/h6-8H,1,9H2,2-5H3,(H,17,18). The highest BCUT2D eigenvalue weighted by Crippen LogP contribution is 2.29. The Balaban J connectivity index is 2.91. The smallest absolute Gasteiger partial charge is 0.412 e. The van der Waals surface area contributed by atoms with Gasteiger partial charge in [-0.2, -0.15) is 0 Å². The molecule has 1 N–H and O–H groups in total. The van der Waals surface area contributed by atoms with E-state index >= 15 is 0 Å². The van der Waals surface area contributed by atoms with E-state index in [1.807, 2.05) is 32.9 Å². The maximum absolute atomic E-state index is 11.8. The Labute approximate surface area is 128 Å². The van der Waals surface area contributed by atoms with E-state index in [0.717, 1.165) is 11.1 Å². The fourth-order valence-electron chi connectivity index (χ4n) is 1.51. The van der Waals surface area contributed by atoms with Crippen molar-refractivity contribution in [3.63, 3.8) is 0 Å².